The number of fused-ring (bicyclic) bond motifs is 10. The highest BCUT2D eigenvalue weighted by atomic mass is 16.8. The van der Waals surface area contributed by atoms with Crippen molar-refractivity contribution in [2.24, 2.45) is 11.5 Å². The van der Waals surface area contributed by atoms with Gasteiger partial charge in [-0.15, -0.1) is 0 Å². The molecule has 16 saturated heterocycles. The molecule has 426 valence electrons. The van der Waals surface area contributed by atoms with Gasteiger partial charge in [0.25, 0.3) is 0 Å². The van der Waals surface area contributed by atoms with Crippen molar-refractivity contribution in [3.63, 3.8) is 0 Å². The minimum Gasteiger partial charge on any atom is -0.481 e. The lowest BCUT2D eigenvalue weighted by Gasteiger charge is -2.52. The molecule has 16 rings (SSSR count). The van der Waals surface area contributed by atoms with Gasteiger partial charge in [0, 0.05) is 63.5 Å². The molecule has 16 aliphatic rings. The molecule has 0 amide bonds. The number of hydrogen-bond donors (Lipinski definition) is 5. The second-order valence-corrected chi connectivity index (χ2v) is 25.5. The molecule has 16 heterocycles. The van der Waals surface area contributed by atoms with E-state index >= 15 is 0 Å². The predicted octanol–water partition coefficient (Wildman–Crippen LogP) is 1.87. The van der Waals surface area contributed by atoms with E-state index in [0.29, 0.717) is 109 Å². The van der Waals surface area contributed by atoms with Crippen LogP contribution >= 0.6 is 0 Å². The topological polar surface area (TPSA) is 285 Å². The molecule has 22 nitrogen and oxygen atoms in total. The molecule has 3 spiro atoms. The van der Waals surface area contributed by atoms with Crippen molar-refractivity contribution in [3.8, 4) is 0 Å². The van der Waals surface area contributed by atoms with E-state index in [4.69, 9.17) is 82.5 Å². The van der Waals surface area contributed by atoms with Gasteiger partial charge in [-0.2, -0.15) is 0 Å². The van der Waals surface area contributed by atoms with Crippen molar-refractivity contribution in [2.75, 3.05) is 0 Å². The van der Waals surface area contributed by atoms with Gasteiger partial charge in [-0.05, 0) is 75.4 Å². The fraction of sp³-hybridized carbons (Fsp3) is 0.891. The smallest absolute Gasteiger partial charge is 0.308 e. The van der Waals surface area contributed by atoms with Gasteiger partial charge in [0.2, 0.25) is 11.6 Å². The zero-order valence-electron chi connectivity index (χ0n) is 43.4. The van der Waals surface area contributed by atoms with Gasteiger partial charge in [-0.3, -0.25) is 9.59 Å². The van der Waals surface area contributed by atoms with E-state index in [1.54, 1.807) is 0 Å². The van der Waals surface area contributed by atoms with E-state index in [0.717, 1.165) is 11.1 Å². The molecule has 7 N–H and O–H groups in total. The summed E-state index contributed by atoms with van der Waals surface area (Å²) in [5, 5.41) is 33.1. The summed E-state index contributed by atoms with van der Waals surface area (Å²) in [4.78, 5) is 25.8. The van der Waals surface area contributed by atoms with Crippen LogP contribution < -0.4 is 11.5 Å². The molecule has 0 aromatic carbocycles. The Kier molecular flexibility index (Phi) is 12.6. The quantitative estimate of drug-likeness (QED) is 0.195. The largest absolute Gasteiger partial charge is 0.481 e. The number of aliphatic carboxylic acids is 1. The number of aliphatic hydroxyl groups is 2. The van der Waals surface area contributed by atoms with E-state index in [1.807, 2.05) is 0 Å². The third kappa shape index (κ3) is 8.70. The minimum atomic E-state index is -2.04. The summed E-state index contributed by atoms with van der Waals surface area (Å²) >= 11 is 0. The Balaban J connectivity index is 0.653. The first-order valence-electron chi connectivity index (χ1n) is 29.0. The number of carbonyl (C=O) groups excluding carboxylic acids is 1. The van der Waals surface area contributed by atoms with Crippen molar-refractivity contribution < 1.29 is 96.0 Å². The van der Waals surface area contributed by atoms with Crippen LogP contribution in [0.15, 0.2) is 24.3 Å². The molecule has 77 heavy (non-hydrogen) atoms. The molecule has 0 saturated carbocycles. The zero-order chi connectivity index (χ0) is 52.5. The molecule has 0 aromatic rings. The van der Waals surface area contributed by atoms with Crippen LogP contribution in [0.2, 0.25) is 0 Å². The number of nitrogens with two attached hydrogens (primary N) is 2. The first kappa shape index (κ1) is 51.6. The molecule has 16 fully saturated rings. The van der Waals surface area contributed by atoms with Crippen molar-refractivity contribution in [2.45, 2.75) is 304 Å². The molecule has 29 atom stereocenters. The van der Waals surface area contributed by atoms with Crippen molar-refractivity contribution >= 4 is 11.9 Å². The summed E-state index contributed by atoms with van der Waals surface area (Å²) in [6, 6.07) is -0.698. The maximum absolute atomic E-state index is 14.4. The van der Waals surface area contributed by atoms with E-state index in [2.05, 4.69) is 13.2 Å². The van der Waals surface area contributed by atoms with Gasteiger partial charge < -0.3 is 97.8 Å². The number of carbonyl (C=O) groups is 2. The molecule has 0 radical (unpaired) electrons. The predicted molar refractivity (Wildman–Crippen MR) is 258 cm³/mol. The van der Waals surface area contributed by atoms with Crippen LogP contribution in [0.4, 0.5) is 0 Å². The summed E-state index contributed by atoms with van der Waals surface area (Å²) < 4.78 is 100. The Hall–Kier alpha value is -2.30. The Labute approximate surface area is 446 Å². The van der Waals surface area contributed by atoms with Crippen molar-refractivity contribution in [1.29, 1.82) is 0 Å². The van der Waals surface area contributed by atoms with E-state index in [9.17, 15) is 24.9 Å². The zero-order valence-corrected chi connectivity index (χ0v) is 43.4. The average molecular weight is 1090 g/mol. The highest BCUT2D eigenvalue weighted by molar-refractivity contribution is 5.70. The number of carboxylic acids is 1. The van der Waals surface area contributed by atoms with Crippen molar-refractivity contribution in [3.05, 3.63) is 24.3 Å². The number of rotatable bonds is 2. The third-order valence-electron chi connectivity index (χ3n) is 20.5. The second kappa shape index (κ2) is 18.9. The summed E-state index contributed by atoms with van der Waals surface area (Å²) in [5.41, 5.74) is 15.3. The minimum absolute atomic E-state index is 0.0487. The number of carboxylic acid groups (broad SMARTS) is 1. The Morgan fingerprint density at radius 2 is 1.27 bits per heavy atom. The molecule has 0 aliphatic carbocycles. The van der Waals surface area contributed by atoms with Crippen molar-refractivity contribution in [1.82, 2.24) is 0 Å². The standard InChI is InChI=1S/C55H76N2O20/c1-23-13-28-9-12-54-51(61)55(62)50(77-54)49-48(76-55)47(75-54)46-33(70-49)7-4-27(66-46)16-44(60)69-39-18-37-38(67-36(39)17-35-24(2)29(56)14-25(64-35)3-6-31(23)63-28)19-40-41(68-37)21-53(73-40)22-42-32(71-53)10-11-52(74-42)20-30(57)45-34(72-52)8-5-26(65-45)15-43(58)59/h25-42,45-51,61-62H,1-22,56-57H2,(H,58,59)/t25-,26-,27+,28-,29+,30-,31-,32-,33-,34-,35+,36-,37?,38-,39+,40+,41?,42-,45-,46-,47-,48-,49+,50?,51-,52-,53-,54+,55?/m0/s1. The number of esters is 1. The summed E-state index contributed by atoms with van der Waals surface area (Å²) in [6.07, 6.45) is -2.44. The first-order chi connectivity index (χ1) is 37.0. The van der Waals surface area contributed by atoms with Crippen LogP contribution in [0.25, 0.3) is 0 Å². The molecule has 4 unspecified atom stereocenters. The first-order valence-corrected chi connectivity index (χ1v) is 29.0. The maximum Gasteiger partial charge on any atom is 0.308 e. The highest BCUT2D eigenvalue weighted by Gasteiger charge is 2.79. The third-order valence-corrected chi connectivity index (χ3v) is 20.5. The highest BCUT2D eigenvalue weighted by Crippen LogP contribution is 2.59. The lowest BCUT2D eigenvalue weighted by Crippen LogP contribution is -2.63. The lowest BCUT2D eigenvalue weighted by atomic mass is 9.84. The van der Waals surface area contributed by atoms with Crippen LogP contribution in [0.1, 0.15) is 128 Å². The number of hydrogen-bond acceptors (Lipinski definition) is 21. The second-order valence-electron chi connectivity index (χ2n) is 25.5. The van der Waals surface area contributed by atoms with Gasteiger partial charge in [0.1, 0.15) is 36.6 Å². The molecule has 0 aromatic heterocycles. The Morgan fingerprint density at radius 3 is 2.13 bits per heavy atom. The SMILES string of the molecule is C=C1C[C@@H]2CC[C@]34OC5[C@@H]6O[C@H]7CC[C@H](CC(=O)O[C@@H]8CC9OC%10C[C@@]%11(C[C@@H]%12O[C@@]%13(CC[C@@H]%12O%11)C[C@H](N)[C@@H]%11O[C@H](CC(=O)O)CC[C@@H]%11O%13)O[C@@H]%10C[C@@H]9O[C@H]8C[C@H]8O[C@@H](CC[C@@H]1O2)C[C@@H](N)C8=C)O[C@@H]7[C@H](O3)[C@@H]6OC5(O)[C@H]4O. The molecular formula is C55H76N2O20. The van der Waals surface area contributed by atoms with Crippen LogP contribution in [-0.2, 0) is 80.6 Å². The average Bonchev–Trinajstić information content (AvgIpc) is 3.39. The van der Waals surface area contributed by atoms with Gasteiger partial charge in [0.05, 0.1) is 111 Å². The fourth-order valence-corrected chi connectivity index (χ4v) is 16.8. The summed E-state index contributed by atoms with van der Waals surface area (Å²) in [5.74, 6) is -6.83. The molecular weight excluding hydrogens is 1010 g/mol. The van der Waals surface area contributed by atoms with E-state index < -0.39 is 121 Å². The fourth-order valence-electron chi connectivity index (χ4n) is 16.8. The summed E-state index contributed by atoms with van der Waals surface area (Å²) in [6.45, 7) is 8.82. The summed E-state index contributed by atoms with van der Waals surface area (Å²) in [7, 11) is 0. The monoisotopic (exact) mass is 1080 g/mol. The number of aliphatic hydroxyl groups excluding tert-OH is 1. The number of ether oxygens (including phenoxy) is 15. The Bertz CT molecular complexity index is 2370. The van der Waals surface area contributed by atoms with Gasteiger partial charge in [0.15, 0.2) is 17.7 Å². The van der Waals surface area contributed by atoms with Gasteiger partial charge in [-0.1, -0.05) is 13.2 Å². The van der Waals surface area contributed by atoms with Gasteiger partial charge in [-0.25, -0.2) is 0 Å². The van der Waals surface area contributed by atoms with Crippen LogP contribution in [0.3, 0.4) is 0 Å². The van der Waals surface area contributed by atoms with E-state index in [-0.39, 0.29) is 86.3 Å². The lowest BCUT2D eigenvalue weighted by molar-refractivity contribution is -0.351. The van der Waals surface area contributed by atoms with E-state index in [1.165, 1.54) is 0 Å². The van der Waals surface area contributed by atoms with Gasteiger partial charge >= 0.3 is 11.9 Å². The molecule has 22 heteroatoms. The van der Waals surface area contributed by atoms with Crippen LogP contribution in [0.5, 0.6) is 0 Å². The maximum atomic E-state index is 14.4. The molecule has 16 aliphatic heterocycles. The Morgan fingerprint density at radius 1 is 0.558 bits per heavy atom. The van der Waals surface area contributed by atoms with Crippen LogP contribution in [0, 0.1) is 0 Å². The van der Waals surface area contributed by atoms with Crippen LogP contribution in [-0.4, -0.2) is 203 Å². The normalized spacial score (nSPS) is 57.6. The molecule has 12 bridgehead atoms.